The fourth-order valence-corrected chi connectivity index (χ4v) is 9.19. The first kappa shape index (κ1) is 34.5. The first-order valence-electron chi connectivity index (χ1n) is 20.1. The zero-order valence-electron chi connectivity index (χ0n) is 32.2. The van der Waals surface area contributed by atoms with Crippen LogP contribution < -0.4 is 0 Å². The Morgan fingerprint density at radius 1 is 0.288 bits per heavy atom. The van der Waals surface area contributed by atoms with Gasteiger partial charge in [0.25, 0.3) is 0 Å². The molecule has 0 spiro atoms. The Hall–Kier alpha value is -7.75. The van der Waals surface area contributed by atoms with Crippen LogP contribution in [0.1, 0.15) is 22.3 Å². The molecule has 1 aromatic heterocycles. The van der Waals surface area contributed by atoms with E-state index in [1.54, 1.807) is 0 Å². The Kier molecular flexibility index (Phi) is 8.37. The summed E-state index contributed by atoms with van der Waals surface area (Å²) in [5.74, 6) is 1.92. The van der Waals surface area contributed by atoms with Crippen LogP contribution in [0.25, 0.3) is 78.3 Å². The number of hydrogen-bond donors (Lipinski definition) is 0. The Balaban J connectivity index is 1.13. The predicted molar refractivity (Wildman–Crippen MR) is 242 cm³/mol. The van der Waals surface area contributed by atoms with Crippen molar-refractivity contribution < 1.29 is 0 Å². The minimum atomic E-state index is -0.493. The van der Waals surface area contributed by atoms with Crippen molar-refractivity contribution in [2.75, 3.05) is 0 Å². The quantitative estimate of drug-likeness (QED) is 0.163. The molecule has 11 rings (SSSR count). The average molecular weight is 752 g/mol. The van der Waals surface area contributed by atoms with Gasteiger partial charge in [-0.25, -0.2) is 15.0 Å². The van der Waals surface area contributed by atoms with E-state index in [9.17, 15) is 0 Å². The van der Waals surface area contributed by atoms with Gasteiger partial charge in [0.1, 0.15) is 0 Å². The van der Waals surface area contributed by atoms with E-state index in [2.05, 4.69) is 164 Å². The number of hydrogen-bond acceptors (Lipinski definition) is 3. The van der Waals surface area contributed by atoms with Crippen LogP contribution in [-0.4, -0.2) is 15.0 Å². The fraction of sp³-hybridized carbons (Fsp3) is 0.0179. The van der Waals surface area contributed by atoms with Crippen molar-refractivity contribution in [2.45, 2.75) is 5.41 Å². The van der Waals surface area contributed by atoms with Crippen molar-refractivity contribution >= 4 is 10.8 Å². The molecular formula is C56H37N3. The summed E-state index contributed by atoms with van der Waals surface area (Å²) in [4.78, 5) is 15.1. The van der Waals surface area contributed by atoms with Crippen LogP contribution in [-0.2, 0) is 5.41 Å². The minimum Gasteiger partial charge on any atom is -0.208 e. The second-order valence-electron chi connectivity index (χ2n) is 15.1. The molecule has 0 unspecified atom stereocenters. The third-order valence-corrected chi connectivity index (χ3v) is 11.8. The van der Waals surface area contributed by atoms with Gasteiger partial charge < -0.3 is 0 Å². The van der Waals surface area contributed by atoms with E-state index in [0.29, 0.717) is 17.5 Å². The summed E-state index contributed by atoms with van der Waals surface area (Å²) in [7, 11) is 0. The zero-order chi connectivity index (χ0) is 39.2. The summed E-state index contributed by atoms with van der Waals surface area (Å²) >= 11 is 0. The average Bonchev–Trinajstić information content (AvgIpc) is 3.62. The smallest absolute Gasteiger partial charge is 0.164 e. The Bertz CT molecular complexity index is 3040. The molecule has 0 N–H and O–H groups in total. The molecule has 3 nitrogen and oxygen atoms in total. The summed E-state index contributed by atoms with van der Waals surface area (Å²) < 4.78 is 0. The number of nitrogens with zero attached hydrogens (tertiary/aromatic N) is 3. The van der Waals surface area contributed by atoms with Gasteiger partial charge in [-0.3, -0.25) is 0 Å². The van der Waals surface area contributed by atoms with Crippen LogP contribution in [0.2, 0.25) is 0 Å². The molecule has 59 heavy (non-hydrogen) atoms. The molecule has 0 amide bonds. The van der Waals surface area contributed by atoms with Crippen LogP contribution in [0.4, 0.5) is 0 Å². The molecule has 0 radical (unpaired) electrons. The molecule has 1 aliphatic rings. The van der Waals surface area contributed by atoms with Gasteiger partial charge in [0.2, 0.25) is 0 Å². The second kappa shape index (κ2) is 14.3. The third kappa shape index (κ3) is 5.78. The molecule has 10 aromatic rings. The number of aromatic nitrogens is 3. The largest absolute Gasteiger partial charge is 0.208 e. The van der Waals surface area contributed by atoms with E-state index in [1.807, 2.05) is 60.7 Å². The molecule has 0 atom stereocenters. The molecule has 0 aliphatic heterocycles. The maximum atomic E-state index is 5.09. The first-order chi connectivity index (χ1) is 29.3. The monoisotopic (exact) mass is 751 g/mol. The van der Waals surface area contributed by atoms with Crippen molar-refractivity contribution in [3.63, 3.8) is 0 Å². The van der Waals surface area contributed by atoms with Crippen LogP contribution in [0.15, 0.2) is 224 Å². The second-order valence-corrected chi connectivity index (χ2v) is 15.1. The maximum Gasteiger partial charge on any atom is 0.164 e. The molecule has 0 fully saturated rings. The van der Waals surface area contributed by atoms with Crippen molar-refractivity contribution in [1.29, 1.82) is 0 Å². The fourth-order valence-electron chi connectivity index (χ4n) is 9.19. The van der Waals surface area contributed by atoms with Gasteiger partial charge in [-0.2, -0.15) is 0 Å². The first-order valence-corrected chi connectivity index (χ1v) is 20.1. The van der Waals surface area contributed by atoms with Crippen LogP contribution >= 0.6 is 0 Å². The SMILES string of the molecule is c1ccc(-c2nc(-c3ccccc3)nc(-c3cccc(-c4c(-c5ccc6c(c5)C(c5ccccc5)(c5ccccc5)c5ccccc5-6)ccc5ccccc45)c3)n2)cc1. The molecular weight excluding hydrogens is 715 g/mol. The highest BCUT2D eigenvalue weighted by Crippen LogP contribution is 2.57. The number of rotatable bonds is 7. The number of benzene rings is 9. The standard InChI is InChI=1S/C56H37N3/c1-5-19-39(20-6-1)53-57-54(40-21-7-2-8-22-40)59-55(58-53)43-24-17-23-42(36-43)52-46-29-14-13-18-38(46)32-34-47(52)41-33-35-49-48-30-15-16-31-50(48)56(51(49)37-41,44-25-9-3-10-26-44)45-27-11-4-12-28-45/h1-37H. The highest BCUT2D eigenvalue weighted by molar-refractivity contribution is 6.05. The van der Waals surface area contributed by atoms with Gasteiger partial charge >= 0.3 is 0 Å². The van der Waals surface area contributed by atoms with Gasteiger partial charge in [-0.1, -0.05) is 212 Å². The van der Waals surface area contributed by atoms with Gasteiger partial charge in [0.15, 0.2) is 17.5 Å². The van der Waals surface area contributed by atoms with Gasteiger partial charge in [-0.15, -0.1) is 0 Å². The highest BCUT2D eigenvalue weighted by Gasteiger charge is 2.46. The Labute approximate surface area is 344 Å². The van der Waals surface area contributed by atoms with Crippen molar-refractivity contribution in [3.05, 3.63) is 247 Å². The molecule has 1 heterocycles. The van der Waals surface area contributed by atoms with Gasteiger partial charge in [-0.05, 0) is 78.5 Å². The third-order valence-electron chi connectivity index (χ3n) is 11.8. The maximum absolute atomic E-state index is 5.09. The molecule has 1 aliphatic carbocycles. The van der Waals surface area contributed by atoms with Crippen LogP contribution in [0.3, 0.4) is 0 Å². The van der Waals surface area contributed by atoms with Gasteiger partial charge in [0.05, 0.1) is 5.41 Å². The lowest BCUT2D eigenvalue weighted by atomic mass is 9.67. The molecule has 276 valence electrons. The van der Waals surface area contributed by atoms with E-state index in [1.165, 1.54) is 55.3 Å². The minimum absolute atomic E-state index is 0.493. The lowest BCUT2D eigenvalue weighted by molar-refractivity contribution is 0.769. The molecule has 3 heteroatoms. The van der Waals surface area contributed by atoms with E-state index in [-0.39, 0.29) is 0 Å². The predicted octanol–water partition coefficient (Wildman–Crippen LogP) is 13.7. The summed E-state index contributed by atoms with van der Waals surface area (Å²) in [6.07, 6.45) is 0. The molecule has 0 bridgehead atoms. The highest BCUT2D eigenvalue weighted by atomic mass is 15.0. The van der Waals surface area contributed by atoms with E-state index in [0.717, 1.165) is 27.8 Å². The van der Waals surface area contributed by atoms with Crippen molar-refractivity contribution in [3.8, 4) is 67.5 Å². The van der Waals surface area contributed by atoms with Crippen molar-refractivity contribution in [1.82, 2.24) is 15.0 Å². The summed E-state index contributed by atoms with van der Waals surface area (Å²) in [5.41, 5.74) is 14.6. The normalized spacial score (nSPS) is 12.5. The number of fused-ring (bicyclic) bond motifs is 4. The lowest BCUT2D eigenvalue weighted by Crippen LogP contribution is -2.28. The lowest BCUT2D eigenvalue weighted by Gasteiger charge is -2.34. The Morgan fingerprint density at radius 3 is 1.44 bits per heavy atom. The Morgan fingerprint density at radius 2 is 0.780 bits per heavy atom. The van der Waals surface area contributed by atoms with E-state index < -0.39 is 5.41 Å². The summed E-state index contributed by atoms with van der Waals surface area (Å²) in [6.45, 7) is 0. The van der Waals surface area contributed by atoms with E-state index >= 15 is 0 Å². The van der Waals surface area contributed by atoms with Crippen molar-refractivity contribution in [2.24, 2.45) is 0 Å². The summed E-state index contributed by atoms with van der Waals surface area (Å²) in [6, 6.07) is 80.3. The van der Waals surface area contributed by atoms with Gasteiger partial charge in [0, 0.05) is 16.7 Å². The topological polar surface area (TPSA) is 38.7 Å². The molecule has 0 saturated heterocycles. The molecule has 0 saturated carbocycles. The van der Waals surface area contributed by atoms with Crippen LogP contribution in [0, 0.1) is 0 Å². The zero-order valence-corrected chi connectivity index (χ0v) is 32.2. The molecule has 9 aromatic carbocycles. The summed E-state index contributed by atoms with van der Waals surface area (Å²) in [5, 5.41) is 2.37. The van der Waals surface area contributed by atoms with E-state index in [4.69, 9.17) is 15.0 Å². The van der Waals surface area contributed by atoms with Crippen LogP contribution in [0.5, 0.6) is 0 Å².